The second-order valence-electron chi connectivity index (χ2n) is 6.10. The SMILES string of the molecule is Cc1cc(Nc2cc(C(F)(F)F)ccn2)nc(-c2cnn(CCCN)c2)c1. The standard InChI is InChI=1S/C18H19F3N6/c1-12-7-15(13-10-24-27(11-13)6-2-4-22)25-17(8-12)26-16-9-14(3-5-23-16)18(19,20)21/h3,5,7-11H,2,4,6,22H2,1H3,(H,23,25,26). The fourth-order valence-corrected chi connectivity index (χ4v) is 2.56. The molecule has 0 radical (unpaired) electrons. The molecular weight excluding hydrogens is 357 g/mol. The maximum absolute atomic E-state index is 12.9. The Bertz CT molecular complexity index is 919. The van der Waals surface area contributed by atoms with Crippen molar-refractivity contribution in [3.05, 3.63) is 54.0 Å². The van der Waals surface area contributed by atoms with E-state index < -0.39 is 11.7 Å². The molecule has 3 N–H and O–H groups in total. The van der Waals surface area contributed by atoms with E-state index in [9.17, 15) is 13.2 Å². The summed E-state index contributed by atoms with van der Waals surface area (Å²) in [5.41, 5.74) is 7.13. The van der Waals surface area contributed by atoms with Crippen LogP contribution in [0, 0.1) is 6.92 Å². The number of aryl methyl sites for hydroxylation is 2. The Balaban J connectivity index is 1.85. The van der Waals surface area contributed by atoms with Crippen LogP contribution in [0.1, 0.15) is 17.5 Å². The molecule has 142 valence electrons. The molecule has 0 bridgehead atoms. The van der Waals surface area contributed by atoms with Crippen LogP contribution in [0.4, 0.5) is 24.8 Å². The van der Waals surface area contributed by atoms with E-state index in [-0.39, 0.29) is 5.82 Å². The van der Waals surface area contributed by atoms with Crippen molar-refractivity contribution < 1.29 is 13.2 Å². The Morgan fingerprint density at radius 1 is 1.19 bits per heavy atom. The number of nitrogens with one attached hydrogen (secondary N) is 1. The zero-order valence-corrected chi connectivity index (χ0v) is 14.7. The molecule has 0 aliphatic rings. The lowest BCUT2D eigenvalue weighted by atomic mass is 10.1. The highest BCUT2D eigenvalue weighted by Gasteiger charge is 2.30. The van der Waals surface area contributed by atoms with Gasteiger partial charge in [-0.2, -0.15) is 18.3 Å². The predicted octanol–water partition coefficient (Wildman–Crippen LogP) is 3.76. The van der Waals surface area contributed by atoms with Crippen molar-refractivity contribution >= 4 is 11.6 Å². The molecule has 6 nitrogen and oxygen atoms in total. The van der Waals surface area contributed by atoms with Gasteiger partial charge in [-0.1, -0.05) is 0 Å². The number of rotatable bonds is 6. The number of anilines is 2. The summed E-state index contributed by atoms with van der Waals surface area (Å²) in [7, 11) is 0. The third-order valence-electron chi connectivity index (χ3n) is 3.83. The number of nitrogens with two attached hydrogens (primary N) is 1. The van der Waals surface area contributed by atoms with Gasteiger partial charge in [0.05, 0.1) is 17.5 Å². The molecule has 9 heteroatoms. The van der Waals surface area contributed by atoms with E-state index in [0.29, 0.717) is 24.6 Å². The largest absolute Gasteiger partial charge is 0.416 e. The minimum atomic E-state index is -4.43. The van der Waals surface area contributed by atoms with E-state index in [1.165, 1.54) is 0 Å². The minimum absolute atomic E-state index is 0.0764. The zero-order valence-electron chi connectivity index (χ0n) is 14.7. The molecule has 3 heterocycles. The van der Waals surface area contributed by atoms with Crippen molar-refractivity contribution in [1.82, 2.24) is 19.7 Å². The third-order valence-corrected chi connectivity index (χ3v) is 3.83. The quantitative estimate of drug-likeness (QED) is 0.685. The molecule has 0 spiro atoms. The van der Waals surface area contributed by atoms with Gasteiger partial charge in [-0.25, -0.2) is 9.97 Å². The molecule has 0 atom stereocenters. The van der Waals surface area contributed by atoms with Crippen LogP contribution in [-0.2, 0) is 12.7 Å². The van der Waals surface area contributed by atoms with Crippen molar-refractivity contribution in [2.24, 2.45) is 5.73 Å². The zero-order chi connectivity index (χ0) is 19.4. The van der Waals surface area contributed by atoms with Crippen LogP contribution in [0.25, 0.3) is 11.3 Å². The van der Waals surface area contributed by atoms with E-state index in [0.717, 1.165) is 35.9 Å². The summed E-state index contributed by atoms with van der Waals surface area (Å²) in [5.74, 6) is 0.485. The molecule has 0 amide bonds. The monoisotopic (exact) mass is 376 g/mol. The van der Waals surface area contributed by atoms with E-state index >= 15 is 0 Å². The molecule has 0 aliphatic heterocycles. The first-order valence-electron chi connectivity index (χ1n) is 8.37. The summed E-state index contributed by atoms with van der Waals surface area (Å²) in [6, 6.07) is 5.50. The van der Waals surface area contributed by atoms with Gasteiger partial charge < -0.3 is 11.1 Å². The van der Waals surface area contributed by atoms with Crippen molar-refractivity contribution in [2.75, 3.05) is 11.9 Å². The van der Waals surface area contributed by atoms with Gasteiger partial charge in [0.25, 0.3) is 0 Å². The van der Waals surface area contributed by atoms with Crippen molar-refractivity contribution in [2.45, 2.75) is 26.1 Å². The molecule has 3 rings (SSSR count). The Morgan fingerprint density at radius 3 is 2.74 bits per heavy atom. The molecule has 3 aromatic heterocycles. The lowest BCUT2D eigenvalue weighted by molar-refractivity contribution is -0.137. The predicted molar refractivity (Wildman–Crippen MR) is 96.4 cm³/mol. The van der Waals surface area contributed by atoms with Crippen LogP contribution in [0.3, 0.4) is 0 Å². The minimum Gasteiger partial charge on any atom is -0.330 e. The van der Waals surface area contributed by atoms with Crippen LogP contribution in [0.2, 0.25) is 0 Å². The van der Waals surface area contributed by atoms with E-state index in [4.69, 9.17) is 5.73 Å². The number of hydrogen-bond acceptors (Lipinski definition) is 5. The number of hydrogen-bond donors (Lipinski definition) is 2. The molecular formula is C18H19F3N6. The number of aromatic nitrogens is 4. The van der Waals surface area contributed by atoms with Gasteiger partial charge in [-0.05, 0) is 49.7 Å². The first-order chi connectivity index (χ1) is 12.8. The second-order valence-corrected chi connectivity index (χ2v) is 6.10. The van der Waals surface area contributed by atoms with Crippen molar-refractivity contribution in [1.29, 1.82) is 0 Å². The van der Waals surface area contributed by atoms with Gasteiger partial charge in [-0.15, -0.1) is 0 Å². The van der Waals surface area contributed by atoms with Crippen LogP contribution < -0.4 is 11.1 Å². The van der Waals surface area contributed by atoms with E-state index in [2.05, 4.69) is 20.4 Å². The van der Waals surface area contributed by atoms with Gasteiger partial charge in [-0.3, -0.25) is 4.68 Å². The maximum Gasteiger partial charge on any atom is 0.416 e. The third kappa shape index (κ3) is 4.82. The molecule has 0 fully saturated rings. The number of pyridine rings is 2. The highest BCUT2D eigenvalue weighted by Crippen LogP contribution is 2.30. The van der Waals surface area contributed by atoms with Gasteiger partial charge in [0.2, 0.25) is 0 Å². The summed E-state index contributed by atoms with van der Waals surface area (Å²) in [6.45, 7) is 3.17. The normalized spacial score (nSPS) is 11.6. The Morgan fingerprint density at radius 2 is 2.00 bits per heavy atom. The lowest BCUT2D eigenvalue weighted by Gasteiger charge is -2.10. The highest BCUT2D eigenvalue weighted by atomic mass is 19.4. The fraction of sp³-hybridized carbons (Fsp3) is 0.278. The van der Waals surface area contributed by atoms with Gasteiger partial charge in [0, 0.05) is 24.5 Å². The maximum atomic E-state index is 12.9. The van der Waals surface area contributed by atoms with Crippen molar-refractivity contribution in [3.8, 4) is 11.3 Å². The van der Waals surface area contributed by atoms with E-state index in [1.807, 2.05) is 19.2 Å². The van der Waals surface area contributed by atoms with Gasteiger partial charge >= 0.3 is 6.18 Å². The summed E-state index contributed by atoms with van der Waals surface area (Å²) >= 11 is 0. The highest BCUT2D eigenvalue weighted by molar-refractivity contribution is 5.63. The van der Waals surface area contributed by atoms with Crippen LogP contribution in [-0.4, -0.2) is 26.3 Å². The average Bonchev–Trinajstić information content (AvgIpc) is 3.08. The molecule has 0 aromatic carbocycles. The van der Waals surface area contributed by atoms with Gasteiger partial charge in [0.1, 0.15) is 11.6 Å². The summed E-state index contributed by atoms with van der Waals surface area (Å²) in [6.07, 6.45) is 1.07. The second kappa shape index (κ2) is 7.75. The first-order valence-corrected chi connectivity index (χ1v) is 8.37. The van der Waals surface area contributed by atoms with Crippen LogP contribution >= 0.6 is 0 Å². The van der Waals surface area contributed by atoms with Crippen molar-refractivity contribution in [3.63, 3.8) is 0 Å². The molecule has 0 unspecified atom stereocenters. The Kier molecular flexibility index (Phi) is 5.41. The topological polar surface area (TPSA) is 81.7 Å². The lowest BCUT2D eigenvalue weighted by Crippen LogP contribution is -2.06. The molecule has 27 heavy (non-hydrogen) atoms. The number of nitrogens with zero attached hydrogens (tertiary/aromatic N) is 4. The summed E-state index contributed by atoms with van der Waals surface area (Å²) in [4.78, 5) is 8.41. The van der Waals surface area contributed by atoms with Crippen LogP contribution in [0.5, 0.6) is 0 Å². The smallest absolute Gasteiger partial charge is 0.330 e. The molecule has 3 aromatic rings. The molecule has 0 saturated heterocycles. The van der Waals surface area contributed by atoms with Gasteiger partial charge in [0.15, 0.2) is 0 Å². The van der Waals surface area contributed by atoms with Crippen LogP contribution in [0.15, 0.2) is 42.9 Å². The molecule has 0 aliphatic carbocycles. The average molecular weight is 376 g/mol. The number of alkyl halides is 3. The number of halogens is 3. The fourth-order valence-electron chi connectivity index (χ4n) is 2.56. The Hall–Kier alpha value is -2.94. The summed E-state index contributed by atoms with van der Waals surface area (Å²) < 4.78 is 40.4. The first kappa shape index (κ1) is 18.8. The Labute approximate surface area is 154 Å². The van der Waals surface area contributed by atoms with E-state index in [1.54, 1.807) is 16.9 Å². The molecule has 0 saturated carbocycles. The summed E-state index contributed by atoms with van der Waals surface area (Å²) in [5, 5.41) is 7.12.